The third-order valence-electron chi connectivity index (χ3n) is 2.16. The normalized spacial score (nSPS) is 10.4. The van der Waals surface area contributed by atoms with Gasteiger partial charge in [0.15, 0.2) is 0 Å². The van der Waals surface area contributed by atoms with E-state index in [0.717, 1.165) is 30.5 Å². The predicted molar refractivity (Wildman–Crippen MR) is 81.8 cm³/mol. The molecule has 0 radical (unpaired) electrons. The minimum Gasteiger partial charge on any atom is -0.338 e. The molecule has 0 atom stereocenters. The molecule has 0 aliphatic rings. The Morgan fingerprint density at radius 1 is 1.06 bits per heavy atom. The number of halogens is 3. The third kappa shape index (κ3) is 3.30. The number of nitrogens with zero attached hydrogens (tertiary/aromatic N) is 1. The van der Waals surface area contributed by atoms with Gasteiger partial charge in [0.05, 0.1) is 10.2 Å². The zero-order valence-electron chi connectivity index (χ0n) is 8.97. The fourth-order valence-corrected chi connectivity index (χ4v) is 3.05. The van der Waals surface area contributed by atoms with Crippen molar-refractivity contribution in [2.24, 2.45) is 0 Å². The molecular weight excluding hydrogens is 412 g/mol. The van der Waals surface area contributed by atoms with Gasteiger partial charge in [0.1, 0.15) is 5.82 Å². The Morgan fingerprint density at radius 2 is 1.82 bits per heavy atom. The Hall–Kier alpha value is -0.390. The summed E-state index contributed by atoms with van der Waals surface area (Å²) in [5.41, 5.74) is 2.10. The van der Waals surface area contributed by atoms with E-state index in [1.54, 1.807) is 0 Å². The van der Waals surface area contributed by atoms with Gasteiger partial charge in [-0.1, -0.05) is 15.9 Å². The summed E-state index contributed by atoms with van der Waals surface area (Å²) in [4.78, 5) is 4.35. The maximum absolute atomic E-state index is 4.35. The van der Waals surface area contributed by atoms with Gasteiger partial charge in [0.25, 0.3) is 0 Å². The first-order valence-electron chi connectivity index (χ1n) is 4.90. The second kappa shape index (κ2) is 5.50. The molecule has 1 aromatic heterocycles. The van der Waals surface area contributed by atoms with Crippen LogP contribution in [0.25, 0.3) is 0 Å². The van der Waals surface area contributed by atoms with Crippen LogP contribution in [0.4, 0.5) is 11.5 Å². The maximum Gasteiger partial charge on any atom is 0.144 e. The molecule has 0 saturated carbocycles. The van der Waals surface area contributed by atoms with Crippen LogP contribution < -0.4 is 5.32 Å². The summed E-state index contributed by atoms with van der Waals surface area (Å²) in [7, 11) is 0. The van der Waals surface area contributed by atoms with E-state index in [1.165, 1.54) is 0 Å². The first kappa shape index (κ1) is 13.1. The number of hydrogen-bond donors (Lipinski definition) is 1. The minimum atomic E-state index is 0.804. The lowest BCUT2D eigenvalue weighted by atomic mass is 10.3. The van der Waals surface area contributed by atoms with Gasteiger partial charge in [-0.2, -0.15) is 0 Å². The molecule has 0 spiro atoms. The molecule has 0 aliphatic heterocycles. The molecule has 2 nitrogen and oxygen atoms in total. The molecule has 17 heavy (non-hydrogen) atoms. The fraction of sp³-hybridized carbons (Fsp3) is 0.0833. The highest BCUT2D eigenvalue weighted by molar-refractivity contribution is 9.11. The molecule has 1 aromatic carbocycles. The van der Waals surface area contributed by atoms with E-state index in [-0.39, 0.29) is 0 Å². The quantitative estimate of drug-likeness (QED) is 0.701. The van der Waals surface area contributed by atoms with Crippen molar-refractivity contribution in [1.82, 2.24) is 4.98 Å². The van der Waals surface area contributed by atoms with E-state index in [9.17, 15) is 0 Å². The molecule has 1 heterocycles. The lowest BCUT2D eigenvalue weighted by Crippen LogP contribution is -1.95. The highest BCUT2D eigenvalue weighted by atomic mass is 79.9. The molecule has 5 heteroatoms. The first-order valence-corrected chi connectivity index (χ1v) is 7.28. The number of pyridine rings is 1. The van der Waals surface area contributed by atoms with Gasteiger partial charge in [-0.15, -0.1) is 0 Å². The van der Waals surface area contributed by atoms with Crippen molar-refractivity contribution in [3.8, 4) is 0 Å². The van der Waals surface area contributed by atoms with Crippen molar-refractivity contribution in [2.45, 2.75) is 6.92 Å². The van der Waals surface area contributed by atoms with Crippen molar-refractivity contribution in [3.63, 3.8) is 0 Å². The summed E-state index contributed by atoms with van der Waals surface area (Å²) in [6.45, 7) is 2.01. The third-order valence-corrected chi connectivity index (χ3v) is 3.92. The molecule has 2 rings (SSSR count). The van der Waals surface area contributed by atoms with Gasteiger partial charge >= 0.3 is 0 Å². The van der Waals surface area contributed by atoms with Crippen molar-refractivity contribution in [3.05, 3.63) is 49.4 Å². The van der Waals surface area contributed by atoms with E-state index in [1.807, 2.05) is 37.4 Å². The van der Waals surface area contributed by atoms with Gasteiger partial charge in [0.2, 0.25) is 0 Å². The van der Waals surface area contributed by atoms with Crippen LogP contribution in [0.3, 0.4) is 0 Å². The molecule has 2 aromatic rings. The molecular formula is C12H9Br3N2. The highest BCUT2D eigenvalue weighted by Gasteiger charge is 2.05. The van der Waals surface area contributed by atoms with Crippen molar-refractivity contribution in [1.29, 1.82) is 0 Å². The molecule has 0 unspecified atom stereocenters. The van der Waals surface area contributed by atoms with Gasteiger partial charge in [-0.05, 0) is 68.6 Å². The lowest BCUT2D eigenvalue weighted by Gasteiger charge is -2.10. The number of anilines is 2. The number of benzene rings is 1. The summed E-state index contributed by atoms with van der Waals surface area (Å²) in [6, 6.07) is 7.99. The molecule has 1 N–H and O–H groups in total. The van der Waals surface area contributed by atoms with Crippen LogP contribution in [0, 0.1) is 6.92 Å². The van der Waals surface area contributed by atoms with Crippen LogP contribution in [-0.4, -0.2) is 4.98 Å². The Labute approximate surface area is 125 Å². The molecule has 88 valence electrons. The van der Waals surface area contributed by atoms with Crippen LogP contribution in [0.15, 0.2) is 43.9 Å². The van der Waals surface area contributed by atoms with Crippen molar-refractivity contribution >= 4 is 59.3 Å². The van der Waals surface area contributed by atoms with Crippen molar-refractivity contribution < 1.29 is 0 Å². The van der Waals surface area contributed by atoms with Crippen LogP contribution in [-0.2, 0) is 0 Å². The smallest absolute Gasteiger partial charge is 0.144 e. The molecule has 0 fully saturated rings. The Balaban J connectivity index is 2.31. The summed E-state index contributed by atoms with van der Waals surface area (Å²) < 4.78 is 2.97. The van der Waals surface area contributed by atoms with Gasteiger partial charge in [-0.3, -0.25) is 0 Å². The van der Waals surface area contributed by atoms with E-state index >= 15 is 0 Å². The highest BCUT2D eigenvalue weighted by Crippen LogP contribution is 2.30. The molecule has 0 aliphatic carbocycles. The molecule has 0 amide bonds. The van der Waals surface area contributed by atoms with Gasteiger partial charge < -0.3 is 5.32 Å². The number of aromatic nitrogens is 1. The SMILES string of the molecule is Cc1cnc(Nc2ccc(Br)cc2Br)c(Br)c1. The first-order chi connectivity index (χ1) is 8.06. The number of nitrogens with one attached hydrogen (secondary N) is 1. The van der Waals surface area contributed by atoms with Crippen molar-refractivity contribution in [2.75, 3.05) is 5.32 Å². The van der Waals surface area contributed by atoms with E-state index < -0.39 is 0 Å². The Kier molecular flexibility index (Phi) is 4.22. The van der Waals surface area contributed by atoms with Gasteiger partial charge in [-0.25, -0.2) is 4.98 Å². The summed E-state index contributed by atoms with van der Waals surface area (Å²) in [6.07, 6.45) is 1.83. The van der Waals surface area contributed by atoms with Gasteiger partial charge in [0, 0.05) is 15.1 Å². The summed E-state index contributed by atoms with van der Waals surface area (Å²) >= 11 is 10.4. The second-order valence-electron chi connectivity index (χ2n) is 3.59. The van der Waals surface area contributed by atoms with Crippen LogP contribution in [0.1, 0.15) is 5.56 Å². The Bertz CT molecular complexity index is 506. The van der Waals surface area contributed by atoms with Crippen LogP contribution >= 0.6 is 47.8 Å². The number of hydrogen-bond acceptors (Lipinski definition) is 2. The van der Waals surface area contributed by atoms with E-state index in [2.05, 4.69) is 58.1 Å². The summed E-state index contributed by atoms with van der Waals surface area (Å²) in [5.74, 6) is 0.804. The van der Waals surface area contributed by atoms with Crippen LogP contribution in [0.5, 0.6) is 0 Å². The minimum absolute atomic E-state index is 0.804. The summed E-state index contributed by atoms with van der Waals surface area (Å²) in [5, 5.41) is 3.27. The Morgan fingerprint density at radius 3 is 2.47 bits per heavy atom. The standard InChI is InChI=1S/C12H9Br3N2/c1-7-4-10(15)12(16-6-7)17-11-3-2-8(13)5-9(11)14/h2-6H,1H3,(H,16,17). The zero-order valence-corrected chi connectivity index (χ0v) is 13.7. The molecule has 0 bridgehead atoms. The number of rotatable bonds is 2. The largest absolute Gasteiger partial charge is 0.338 e. The van der Waals surface area contributed by atoms with E-state index in [4.69, 9.17) is 0 Å². The van der Waals surface area contributed by atoms with Crippen LogP contribution in [0.2, 0.25) is 0 Å². The average molecular weight is 421 g/mol. The fourth-order valence-electron chi connectivity index (χ4n) is 1.34. The zero-order chi connectivity index (χ0) is 12.4. The lowest BCUT2D eigenvalue weighted by molar-refractivity contribution is 1.24. The predicted octanol–water partition coefficient (Wildman–Crippen LogP) is 5.42. The molecule has 0 saturated heterocycles. The number of aryl methyl sites for hydroxylation is 1. The second-order valence-corrected chi connectivity index (χ2v) is 6.22. The maximum atomic E-state index is 4.35. The topological polar surface area (TPSA) is 24.9 Å². The van der Waals surface area contributed by atoms with E-state index in [0.29, 0.717) is 0 Å². The average Bonchev–Trinajstić information content (AvgIpc) is 2.25. The monoisotopic (exact) mass is 418 g/mol.